The highest BCUT2D eigenvalue weighted by molar-refractivity contribution is 7.92. The summed E-state index contributed by atoms with van der Waals surface area (Å²) in [7, 11) is -3.83. The van der Waals surface area contributed by atoms with Crippen molar-refractivity contribution in [3.8, 4) is 0 Å². The number of benzene rings is 2. The van der Waals surface area contributed by atoms with Gasteiger partial charge in [-0.2, -0.15) is 0 Å². The number of hydrogen-bond acceptors (Lipinski definition) is 3. The van der Waals surface area contributed by atoms with E-state index in [-0.39, 0.29) is 4.90 Å². The molecule has 0 saturated heterocycles. The molecule has 112 valence electrons. The van der Waals surface area contributed by atoms with E-state index in [1.165, 1.54) is 12.1 Å². The van der Waals surface area contributed by atoms with Gasteiger partial charge in [0.05, 0.1) is 4.90 Å². The Morgan fingerprint density at radius 2 is 1.81 bits per heavy atom. The summed E-state index contributed by atoms with van der Waals surface area (Å²) in [6, 6.07) is 12.3. The van der Waals surface area contributed by atoms with Crippen LogP contribution in [0, 0.1) is 5.82 Å². The third kappa shape index (κ3) is 4.03. The second kappa shape index (κ2) is 6.69. The lowest BCUT2D eigenvalue weighted by Crippen LogP contribution is -2.19. The summed E-state index contributed by atoms with van der Waals surface area (Å²) in [4.78, 5) is -0.0488. The number of nitrogens with one attached hydrogen (secondary N) is 2. The van der Waals surface area contributed by atoms with Crippen LogP contribution in [0.4, 0.5) is 10.1 Å². The Hall–Kier alpha value is -1.92. The Labute approximate surface area is 124 Å². The summed E-state index contributed by atoms with van der Waals surface area (Å²) in [6.07, 6.45) is 0. The molecule has 0 aliphatic carbocycles. The molecule has 0 aliphatic rings. The molecule has 0 amide bonds. The molecule has 0 atom stereocenters. The Bertz CT molecular complexity index is 703. The molecule has 0 unspecified atom stereocenters. The van der Waals surface area contributed by atoms with Crippen molar-refractivity contribution < 1.29 is 12.8 Å². The largest absolute Gasteiger partial charge is 0.313 e. The maximum Gasteiger partial charge on any atom is 0.262 e. The summed E-state index contributed by atoms with van der Waals surface area (Å²) in [5.41, 5.74) is 0.970. The summed E-state index contributed by atoms with van der Waals surface area (Å²) < 4.78 is 40.7. The summed E-state index contributed by atoms with van der Waals surface area (Å²) >= 11 is 0. The van der Waals surface area contributed by atoms with Crippen LogP contribution in [0.15, 0.2) is 53.4 Å². The van der Waals surface area contributed by atoms with Crippen molar-refractivity contribution in [1.82, 2.24) is 5.32 Å². The first kappa shape index (κ1) is 15.5. The molecule has 0 radical (unpaired) electrons. The van der Waals surface area contributed by atoms with Gasteiger partial charge in [0.15, 0.2) is 0 Å². The number of hydrogen-bond donors (Lipinski definition) is 2. The van der Waals surface area contributed by atoms with Gasteiger partial charge in [0, 0.05) is 12.2 Å². The lowest BCUT2D eigenvalue weighted by Gasteiger charge is -2.13. The van der Waals surface area contributed by atoms with Crippen LogP contribution in [0.2, 0.25) is 0 Å². The number of anilines is 1. The lowest BCUT2D eigenvalue weighted by molar-refractivity contribution is 0.590. The van der Waals surface area contributed by atoms with Crippen LogP contribution in [0.25, 0.3) is 0 Å². The first-order valence-corrected chi connectivity index (χ1v) is 8.08. The molecule has 0 aromatic heterocycles. The van der Waals surface area contributed by atoms with Crippen molar-refractivity contribution in [2.24, 2.45) is 0 Å². The first-order valence-electron chi connectivity index (χ1n) is 6.60. The molecule has 2 aromatic rings. The molecule has 2 rings (SSSR count). The van der Waals surface area contributed by atoms with E-state index in [1.54, 1.807) is 30.3 Å². The number of halogens is 1. The van der Waals surface area contributed by atoms with E-state index in [0.29, 0.717) is 24.3 Å². The average Bonchev–Trinajstić information content (AvgIpc) is 2.46. The van der Waals surface area contributed by atoms with Gasteiger partial charge >= 0.3 is 0 Å². The van der Waals surface area contributed by atoms with Gasteiger partial charge in [0.25, 0.3) is 10.0 Å². The van der Waals surface area contributed by atoms with Crippen molar-refractivity contribution in [2.75, 3.05) is 11.3 Å². The Kier molecular flexibility index (Phi) is 4.93. The smallest absolute Gasteiger partial charge is 0.262 e. The van der Waals surface area contributed by atoms with Crippen molar-refractivity contribution in [2.45, 2.75) is 18.4 Å². The van der Waals surface area contributed by atoms with Gasteiger partial charge in [-0.05, 0) is 36.4 Å². The fourth-order valence-electron chi connectivity index (χ4n) is 1.90. The SMILES string of the molecule is CCNCc1ccc(F)cc1S(=O)(=O)Nc1ccccc1. The molecule has 6 heteroatoms. The lowest BCUT2D eigenvalue weighted by atomic mass is 10.2. The highest BCUT2D eigenvalue weighted by Crippen LogP contribution is 2.21. The predicted molar refractivity (Wildman–Crippen MR) is 81.0 cm³/mol. The molecule has 0 spiro atoms. The second-order valence-electron chi connectivity index (χ2n) is 4.50. The van der Waals surface area contributed by atoms with E-state index in [1.807, 2.05) is 6.92 Å². The molecular formula is C15H17FN2O2S. The van der Waals surface area contributed by atoms with Crippen LogP contribution in [-0.2, 0) is 16.6 Å². The maximum atomic E-state index is 13.4. The minimum atomic E-state index is -3.83. The van der Waals surface area contributed by atoms with Crippen LogP contribution >= 0.6 is 0 Å². The van der Waals surface area contributed by atoms with Crippen LogP contribution in [0.1, 0.15) is 12.5 Å². The minimum Gasteiger partial charge on any atom is -0.313 e. The van der Waals surface area contributed by atoms with Crippen molar-refractivity contribution in [1.29, 1.82) is 0 Å². The van der Waals surface area contributed by atoms with Crippen LogP contribution in [-0.4, -0.2) is 15.0 Å². The topological polar surface area (TPSA) is 58.2 Å². The van der Waals surface area contributed by atoms with Gasteiger partial charge in [0.2, 0.25) is 0 Å². The Morgan fingerprint density at radius 1 is 1.10 bits per heavy atom. The van der Waals surface area contributed by atoms with Gasteiger partial charge in [-0.1, -0.05) is 31.2 Å². The van der Waals surface area contributed by atoms with Crippen molar-refractivity contribution in [3.63, 3.8) is 0 Å². The molecule has 2 aromatic carbocycles. The monoisotopic (exact) mass is 308 g/mol. The van der Waals surface area contributed by atoms with Gasteiger partial charge in [-0.25, -0.2) is 12.8 Å². The van der Waals surface area contributed by atoms with E-state index in [2.05, 4.69) is 10.0 Å². The molecule has 2 N–H and O–H groups in total. The molecule has 0 fully saturated rings. The minimum absolute atomic E-state index is 0.0488. The summed E-state index contributed by atoms with van der Waals surface area (Å²) in [5.74, 6) is -0.580. The fraction of sp³-hybridized carbons (Fsp3) is 0.200. The van der Waals surface area contributed by atoms with E-state index in [4.69, 9.17) is 0 Å². The summed E-state index contributed by atoms with van der Waals surface area (Å²) in [6.45, 7) is 2.98. The zero-order chi connectivity index (χ0) is 15.3. The fourth-order valence-corrected chi connectivity index (χ4v) is 3.21. The predicted octanol–water partition coefficient (Wildman–Crippen LogP) is 2.74. The standard InChI is InChI=1S/C15H17FN2O2S/c1-2-17-11-12-8-9-13(16)10-15(12)21(19,20)18-14-6-4-3-5-7-14/h3-10,17-18H,2,11H2,1H3. The van der Waals surface area contributed by atoms with Crippen LogP contribution in [0.3, 0.4) is 0 Å². The number of rotatable bonds is 6. The highest BCUT2D eigenvalue weighted by atomic mass is 32.2. The van der Waals surface area contributed by atoms with Crippen LogP contribution in [0.5, 0.6) is 0 Å². The van der Waals surface area contributed by atoms with E-state index >= 15 is 0 Å². The van der Waals surface area contributed by atoms with Gasteiger partial charge < -0.3 is 5.32 Å². The summed E-state index contributed by atoms with van der Waals surface area (Å²) in [5, 5.41) is 3.05. The molecule has 0 saturated carbocycles. The Morgan fingerprint density at radius 3 is 2.48 bits per heavy atom. The van der Waals surface area contributed by atoms with E-state index in [0.717, 1.165) is 6.07 Å². The third-order valence-electron chi connectivity index (χ3n) is 2.91. The quantitative estimate of drug-likeness (QED) is 0.862. The van der Waals surface area contributed by atoms with Gasteiger partial charge in [-0.3, -0.25) is 4.72 Å². The van der Waals surface area contributed by atoms with Gasteiger partial charge in [-0.15, -0.1) is 0 Å². The third-order valence-corrected chi connectivity index (χ3v) is 4.37. The molecule has 4 nitrogen and oxygen atoms in total. The maximum absolute atomic E-state index is 13.4. The highest BCUT2D eigenvalue weighted by Gasteiger charge is 2.19. The number of sulfonamides is 1. The number of para-hydroxylation sites is 1. The van der Waals surface area contributed by atoms with Gasteiger partial charge in [0.1, 0.15) is 5.82 Å². The zero-order valence-electron chi connectivity index (χ0n) is 11.6. The van der Waals surface area contributed by atoms with E-state index < -0.39 is 15.8 Å². The van der Waals surface area contributed by atoms with Crippen molar-refractivity contribution >= 4 is 15.7 Å². The molecular weight excluding hydrogens is 291 g/mol. The second-order valence-corrected chi connectivity index (χ2v) is 6.15. The molecule has 0 aliphatic heterocycles. The average molecular weight is 308 g/mol. The molecule has 0 bridgehead atoms. The molecule has 0 heterocycles. The Balaban J connectivity index is 2.36. The normalized spacial score (nSPS) is 11.3. The van der Waals surface area contributed by atoms with Crippen LogP contribution < -0.4 is 10.0 Å². The van der Waals surface area contributed by atoms with Crippen molar-refractivity contribution in [3.05, 3.63) is 59.9 Å². The first-order chi connectivity index (χ1) is 10.0. The molecule has 21 heavy (non-hydrogen) atoms. The zero-order valence-corrected chi connectivity index (χ0v) is 12.5. The van der Waals surface area contributed by atoms with E-state index in [9.17, 15) is 12.8 Å².